The fourth-order valence-electron chi connectivity index (χ4n) is 3.08. The molecular formula is C22H20N6O2S. The summed E-state index contributed by atoms with van der Waals surface area (Å²) in [5, 5.41) is 16.6. The maximum absolute atomic E-state index is 12.7. The van der Waals surface area contributed by atoms with Gasteiger partial charge in [-0.05, 0) is 56.7 Å². The van der Waals surface area contributed by atoms with Gasteiger partial charge in [-0.25, -0.2) is 4.98 Å². The number of benzene rings is 2. The van der Waals surface area contributed by atoms with E-state index in [1.807, 2.05) is 32.0 Å². The van der Waals surface area contributed by atoms with Gasteiger partial charge in [0, 0.05) is 22.8 Å². The number of anilines is 2. The topological polar surface area (TPSA) is 102 Å². The number of thiazole rings is 1. The van der Waals surface area contributed by atoms with Gasteiger partial charge in [-0.15, -0.1) is 16.4 Å². The number of amides is 2. The van der Waals surface area contributed by atoms with Gasteiger partial charge in [-0.1, -0.05) is 17.7 Å². The van der Waals surface area contributed by atoms with E-state index < -0.39 is 0 Å². The Bertz CT molecular complexity index is 1250. The van der Waals surface area contributed by atoms with Gasteiger partial charge in [0.15, 0.2) is 10.8 Å². The fraction of sp³-hybridized carbons (Fsp3) is 0.136. The molecule has 0 bridgehead atoms. The van der Waals surface area contributed by atoms with Crippen molar-refractivity contribution in [3.05, 3.63) is 82.1 Å². The van der Waals surface area contributed by atoms with E-state index in [-0.39, 0.29) is 17.5 Å². The van der Waals surface area contributed by atoms with E-state index in [0.717, 1.165) is 16.8 Å². The van der Waals surface area contributed by atoms with Gasteiger partial charge in [0.05, 0.1) is 11.4 Å². The molecule has 0 aliphatic heterocycles. The Morgan fingerprint density at radius 3 is 2.39 bits per heavy atom. The number of hydrogen-bond donors (Lipinski definition) is 2. The number of aryl methyl sites for hydroxylation is 3. The quantitative estimate of drug-likeness (QED) is 0.493. The normalized spacial score (nSPS) is 10.7. The molecule has 4 rings (SSSR count). The Morgan fingerprint density at radius 2 is 1.71 bits per heavy atom. The lowest BCUT2D eigenvalue weighted by Gasteiger charge is -2.06. The molecule has 0 radical (unpaired) electrons. The van der Waals surface area contributed by atoms with Crippen LogP contribution in [0.3, 0.4) is 0 Å². The van der Waals surface area contributed by atoms with E-state index in [1.165, 1.54) is 16.1 Å². The van der Waals surface area contributed by atoms with Crippen molar-refractivity contribution in [3.8, 4) is 5.69 Å². The first-order valence-electron chi connectivity index (χ1n) is 9.54. The summed E-state index contributed by atoms with van der Waals surface area (Å²) in [5.74, 6) is -0.631. The lowest BCUT2D eigenvalue weighted by atomic mass is 10.1. The zero-order valence-corrected chi connectivity index (χ0v) is 18.0. The molecule has 0 fully saturated rings. The monoisotopic (exact) mass is 432 g/mol. The number of carbonyl (C=O) groups is 2. The molecule has 2 aromatic carbocycles. The van der Waals surface area contributed by atoms with Crippen LogP contribution in [-0.2, 0) is 0 Å². The average molecular weight is 433 g/mol. The summed E-state index contributed by atoms with van der Waals surface area (Å²) in [6, 6.07) is 12.6. The summed E-state index contributed by atoms with van der Waals surface area (Å²) >= 11 is 1.34. The van der Waals surface area contributed by atoms with Crippen molar-refractivity contribution in [2.24, 2.45) is 0 Å². The second kappa shape index (κ2) is 8.49. The highest BCUT2D eigenvalue weighted by molar-refractivity contribution is 7.13. The number of rotatable bonds is 5. The van der Waals surface area contributed by atoms with E-state index in [9.17, 15) is 9.59 Å². The van der Waals surface area contributed by atoms with E-state index >= 15 is 0 Å². The van der Waals surface area contributed by atoms with Crippen molar-refractivity contribution in [2.75, 3.05) is 10.6 Å². The van der Waals surface area contributed by atoms with Gasteiger partial charge in [0.2, 0.25) is 0 Å². The van der Waals surface area contributed by atoms with Crippen molar-refractivity contribution in [2.45, 2.75) is 20.8 Å². The highest BCUT2D eigenvalue weighted by Gasteiger charge is 2.17. The lowest BCUT2D eigenvalue weighted by molar-refractivity contribution is 0.101. The average Bonchev–Trinajstić information content (AvgIpc) is 3.38. The minimum atomic E-state index is -0.367. The summed E-state index contributed by atoms with van der Waals surface area (Å²) < 4.78 is 0. The largest absolute Gasteiger partial charge is 0.321 e. The third-order valence-electron chi connectivity index (χ3n) is 4.62. The molecule has 2 heterocycles. The fourth-order valence-corrected chi connectivity index (χ4v) is 3.60. The number of nitrogens with one attached hydrogen (secondary N) is 2. The van der Waals surface area contributed by atoms with Crippen LogP contribution >= 0.6 is 11.3 Å². The Morgan fingerprint density at radius 1 is 0.935 bits per heavy atom. The molecule has 9 heteroatoms. The lowest BCUT2D eigenvalue weighted by Crippen LogP contribution is -2.15. The van der Waals surface area contributed by atoms with Crippen LogP contribution in [0.25, 0.3) is 5.69 Å². The van der Waals surface area contributed by atoms with E-state index in [1.54, 1.807) is 42.8 Å². The standard InChI is InChI=1S/C22H20N6O2S/c1-13-4-9-18(14(2)12-13)28-26-15(3)19(27-28)21(30)24-17-7-5-16(6-8-17)20(29)25-22-23-10-11-31-22/h4-12H,1-3H3,(H,24,30)(H,23,25,29). The first kappa shape index (κ1) is 20.4. The molecule has 2 aromatic heterocycles. The van der Waals surface area contributed by atoms with E-state index in [2.05, 4.69) is 25.8 Å². The molecule has 0 aliphatic carbocycles. The van der Waals surface area contributed by atoms with Crippen molar-refractivity contribution in [3.63, 3.8) is 0 Å². The molecule has 0 saturated carbocycles. The molecule has 0 unspecified atom stereocenters. The molecule has 0 spiro atoms. The van der Waals surface area contributed by atoms with Gasteiger partial charge in [0.25, 0.3) is 11.8 Å². The number of nitrogens with zero attached hydrogens (tertiary/aromatic N) is 4. The highest BCUT2D eigenvalue weighted by Crippen LogP contribution is 2.17. The second-order valence-electron chi connectivity index (χ2n) is 7.04. The van der Waals surface area contributed by atoms with E-state index in [4.69, 9.17) is 0 Å². The Hall–Kier alpha value is -3.85. The van der Waals surface area contributed by atoms with Gasteiger partial charge < -0.3 is 5.32 Å². The summed E-state index contributed by atoms with van der Waals surface area (Å²) in [4.78, 5) is 30.5. The molecule has 8 nitrogen and oxygen atoms in total. The predicted molar refractivity (Wildman–Crippen MR) is 120 cm³/mol. The first-order valence-corrected chi connectivity index (χ1v) is 10.4. The van der Waals surface area contributed by atoms with Crippen molar-refractivity contribution in [1.29, 1.82) is 0 Å². The number of aromatic nitrogens is 4. The molecule has 4 aromatic rings. The first-order chi connectivity index (χ1) is 14.9. The molecule has 2 N–H and O–H groups in total. The van der Waals surface area contributed by atoms with Crippen LogP contribution in [0, 0.1) is 20.8 Å². The summed E-state index contributed by atoms with van der Waals surface area (Å²) in [6.45, 7) is 5.74. The zero-order chi connectivity index (χ0) is 22.0. The van der Waals surface area contributed by atoms with Crippen LogP contribution in [0.5, 0.6) is 0 Å². The third kappa shape index (κ3) is 4.51. The minimum absolute atomic E-state index is 0.241. The Labute approximate surface area is 183 Å². The molecule has 31 heavy (non-hydrogen) atoms. The zero-order valence-electron chi connectivity index (χ0n) is 17.2. The number of carbonyl (C=O) groups excluding carboxylic acids is 2. The molecule has 0 aliphatic rings. The molecule has 0 atom stereocenters. The summed E-state index contributed by atoms with van der Waals surface area (Å²) in [5.41, 5.74) is 4.77. The van der Waals surface area contributed by atoms with Crippen molar-refractivity contribution >= 4 is 34.0 Å². The SMILES string of the molecule is Cc1ccc(-n2nc(C)c(C(=O)Nc3ccc(C(=O)Nc4nccs4)cc3)n2)c(C)c1. The smallest absolute Gasteiger partial charge is 0.278 e. The maximum Gasteiger partial charge on any atom is 0.278 e. The van der Waals surface area contributed by atoms with Crippen LogP contribution in [0.1, 0.15) is 37.7 Å². The van der Waals surface area contributed by atoms with Gasteiger partial charge in [-0.3, -0.25) is 14.9 Å². The summed E-state index contributed by atoms with van der Waals surface area (Å²) in [6.07, 6.45) is 1.62. The van der Waals surface area contributed by atoms with Crippen LogP contribution < -0.4 is 10.6 Å². The highest BCUT2D eigenvalue weighted by atomic mass is 32.1. The van der Waals surface area contributed by atoms with Crippen LogP contribution in [0.2, 0.25) is 0 Å². The molecular weight excluding hydrogens is 412 g/mol. The Balaban J connectivity index is 1.47. The van der Waals surface area contributed by atoms with Crippen LogP contribution in [0.4, 0.5) is 10.8 Å². The van der Waals surface area contributed by atoms with Crippen LogP contribution in [-0.4, -0.2) is 31.8 Å². The Kier molecular flexibility index (Phi) is 5.59. The second-order valence-corrected chi connectivity index (χ2v) is 7.93. The van der Waals surface area contributed by atoms with Gasteiger partial charge in [0.1, 0.15) is 0 Å². The van der Waals surface area contributed by atoms with Crippen LogP contribution in [0.15, 0.2) is 54.0 Å². The molecule has 2 amide bonds. The minimum Gasteiger partial charge on any atom is -0.321 e. The van der Waals surface area contributed by atoms with Crippen molar-refractivity contribution < 1.29 is 9.59 Å². The van der Waals surface area contributed by atoms with E-state index in [0.29, 0.717) is 22.1 Å². The maximum atomic E-state index is 12.7. The van der Waals surface area contributed by atoms with Crippen molar-refractivity contribution in [1.82, 2.24) is 20.0 Å². The molecule has 0 saturated heterocycles. The van der Waals surface area contributed by atoms with Gasteiger partial charge >= 0.3 is 0 Å². The molecule has 156 valence electrons. The number of hydrogen-bond acceptors (Lipinski definition) is 6. The summed E-state index contributed by atoms with van der Waals surface area (Å²) in [7, 11) is 0. The van der Waals surface area contributed by atoms with Gasteiger partial charge in [-0.2, -0.15) is 9.90 Å². The third-order valence-corrected chi connectivity index (χ3v) is 5.31. The predicted octanol–water partition coefficient (Wildman–Crippen LogP) is 4.15.